The summed E-state index contributed by atoms with van der Waals surface area (Å²) < 4.78 is 44.4. The molecule has 0 saturated heterocycles. The highest BCUT2D eigenvalue weighted by Crippen LogP contribution is 2.15. The van der Waals surface area contributed by atoms with Gasteiger partial charge in [-0.05, 0) is 18.2 Å². The maximum atomic E-state index is 13.2. The van der Waals surface area contributed by atoms with Gasteiger partial charge < -0.3 is 9.63 Å². The second-order valence-corrected chi connectivity index (χ2v) is 6.06. The topological polar surface area (TPSA) is 105 Å². The van der Waals surface area contributed by atoms with Crippen LogP contribution < -0.4 is 4.72 Å². The third-order valence-electron chi connectivity index (χ3n) is 2.71. The number of aliphatic hydroxyl groups is 1. The first-order valence-corrected chi connectivity index (χ1v) is 7.59. The largest absolute Gasteiger partial charge is 0.392 e. The number of nitrogens with zero attached hydrogens (tertiary/aromatic N) is 2. The van der Waals surface area contributed by atoms with Crippen molar-refractivity contribution >= 4 is 10.0 Å². The van der Waals surface area contributed by atoms with Gasteiger partial charge in [-0.1, -0.05) is 5.16 Å². The van der Waals surface area contributed by atoms with Crippen molar-refractivity contribution in [3.8, 4) is 0 Å². The van der Waals surface area contributed by atoms with Crippen molar-refractivity contribution in [3.63, 3.8) is 0 Å². The lowest BCUT2D eigenvalue weighted by Crippen LogP contribution is -2.26. The summed E-state index contributed by atoms with van der Waals surface area (Å²) in [6.07, 6.45) is 0.268. The molecule has 0 atom stereocenters. The summed E-state index contributed by atoms with van der Waals surface area (Å²) in [5.74, 6) is 0.142. The van der Waals surface area contributed by atoms with Crippen LogP contribution in [0.4, 0.5) is 4.39 Å². The number of hydrogen-bond donors (Lipinski definition) is 2. The number of benzene rings is 1. The van der Waals surface area contributed by atoms with E-state index >= 15 is 0 Å². The monoisotopic (exact) mass is 315 g/mol. The van der Waals surface area contributed by atoms with E-state index in [9.17, 15) is 12.8 Å². The Kier molecular flexibility index (Phi) is 4.66. The lowest BCUT2D eigenvalue weighted by Gasteiger charge is -2.07. The number of hydrogen-bond acceptors (Lipinski definition) is 6. The van der Waals surface area contributed by atoms with Crippen LogP contribution in [0, 0.1) is 12.7 Å². The second-order valence-electron chi connectivity index (χ2n) is 4.29. The van der Waals surface area contributed by atoms with E-state index in [0.29, 0.717) is 11.7 Å². The van der Waals surface area contributed by atoms with Gasteiger partial charge in [0.15, 0.2) is 5.82 Å². The van der Waals surface area contributed by atoms with Crippen LogP contribution in [-0.4, -0.2) is 30.2 Å². The number of nitrogens with one attached hydrogen (secondary N) is 1. The van der Waals surface area contributed by atoms with Crippen molar-refractivity contribution in [3.05, 3.63) is 41.3 Å². The molecule has 0 unspecified atom stereocenters. The van der Waals surface area contributed by atoms with Crippen LogP contribution in [0.2, 0.25) is 0 Å². The molecule has 2 aromatic rings. The Morgan fingerprint density at radius 3 is 2.81 bits per heavy atom. The zero-order chi connectivity index (χ0) is 15.5. The van der Waals surface area contributed by atoms with Crippen molar-refractivity contribution in [2.75, 3.05) is 6.54 Å². The fourth-order valence-corrected chi connectivity index (χ4v) is 2.74. The molecular formula is C12H14FN3O4S. The van der Waals surface area contributed by atoms with E-state index in [4.69, 9.17) is 9.63 Å². The van der Waals surface area contributed by atoms with Crippen LogP contribution >= 0.6 is 0 Å². The van der Waals surface area contributed by atoms with E-state index < -0.39 is 22.4 Å². The maximum Gasteiger partial charge on any atom is 0.240 e. The van der Waals surface area contributed by atoms with E-state index in [1.807, 2.05) is 0 Å². The molecule has 1 heterocycles. The normalized spacial score (nSPS) is 11.8. The number of aryl methyl sites for hydroxylation is 1. The Morgan fingerprint density at radius 2 is 2.19 bits per heavy atom. The van der Waals surface area contributed by atoms with Crippen LogP contribution in [-0.2, 0) is 23.1 Å². The third-order valence-corrected chi connectivity index (χ3v) is 4.17. The van der Waals surface area contributed by atoms with Crippen molar-refractivity contribution < 1.29 is 22.4 Å². The summed E-state index contributed by atoms with van der Waals surface area (Å²) in [6, 6.07) is 3.23. The molecule has 1 aromatic carbocycles. The number of aromatic nitrogens is 2. The lowest BCUT2D eigenvalue weighted by atomic mass is 10.2. The minimum absolute atomic E-state index is 0.0765. The molecule has 2 N–H and O–H groups in total. The van der Waals surface area contributed by atoms with E-state index in [2.05, 4.69) is 14.9 Å². The average Bonchev–Trinajstić information content (AvgIpc) is 2.84. The first-order valence-electron chi connectivity index (χ1n) is 6.10. The van der Waals surface area contributed by atoms with Gasteiger partial charge >= 0.3 is 0 Å². The smallest absolute Gasteiger partial charge is 0.240 e. The molecule has 2 rings (SSSR count). The number of halogens is 1. The van der Waals surface area contributed by atoms with Crippen molar-refractivity contribution in [1.82, 2.24) is 14.9 Å². The Morgan fingerprint density at radius 1 is 1.43 bits per heavy atom. The van der Waals surface area contributed by atoms with Gasteiger partial charge in [-0.25, -0.2) is 17.5 Å². The molecule has 0 spiro atoms. The standard InChI is InChI=1S/C12H14FN3O4S/c1-8-15-12(16-20-8)4-5-14-21(18,19)10-2-3-11(13)9(6-10)7-17/h2-3,6,14,17H,4-5,7H2,1H3. The minimum Gasteiger partial charge on any atom is -0.392 e. The molecule has 114 valence electrons. The SMILES string of the molecule is Cc1nc(CCNS(=O)(=O)c2ccc(F)c(CO)c2)no1. The van der Waals surface area contributed by atoms with Crippen LogP contribution in [0.5, 0.6) is 0 Å². The Balaban J connectivity index is 2.04. The fraction of sp³-hybridized carbons (Fsp3) is 0.333. The number of sulfonamides is 1. The maximum absolute atomic E-state index is 13.2. The van der Waals surface area contributed by atoms with Gasteiger partial charge in [0, 0.05) is 25.5 Å². The first-order chi connectivity index (χ1) is 9.92. The van der Waals surface area contributed by atoms with E-state index in [0.717, 1.165) is 18.2 Å². The molecule has 0 aliphatic carbocycles. The zero-order valence-electron chi connectivity index (χ0n) is 11.2. The molecular weight excluding hydrogens is 301 g/mol. The Labute approximate surface area is 120 Å². The zero-order valence-corrected chi connectivity index (χ0v) is 12.0. The van der Waals surface area contributed by atoms with Gasteiger partial charge in [-0.15, -0.1) is 0 Å². The van der Waals surface area contributed by atoms with Crippen molar-refractivity contribution in [2.45, 2.75) is 24.8 Å². The van der Waals surface area contributed by atoms with E-state index in [1.165, 1.54) is 0 Å². The molecule has 0 amide bonds. The van der Waals surface area contributed by atoms with Gasteiger partial charge in [0.05, 0.1) is 11.5 Å². The highest BCUT2D eigenvalue weighted by Gasteiger charge is 2.16. The molecule has 21 heavy (non-hydrogen) atoms. The van der Waals surface area contributed by atoms with Crippen molar-refractivity contribution in [1.29, 1.82) is 0 Å². The Hall–Kier alpha value is -1.84. The second kappa shape index (κ2) is 6.29. The third kappa shape index (κ3) is 3.84. The van der Waals surface area contributed by atoms with Gasteiger partial charge in [-0.3, -0.25) is 0 Å². The van der Waals surface area contributed by atoms with Gasteiger partial charge in [0.1, 0.15) is 5.82 Å². The van der Waals surface area contributed by atoms with Crippen LogP contribution in [0.3, 0.4) is 0 Å². The minimum atomic E-state index is -3.79. The molecule has 0 aliphatic rings. The van der Waals surface area contributed by atoms with E-state index in [-0.39, 0.29) is 23.4 Å². The predicted molar refractivity (Wildman–Crippen MR) is 70.3 cm³/mol. The molecule has 0 bridgehead atoms. The first kappa shape index (κ1) is 15.5. The summed E-state index contributed by atoms with van der Waals surface area (Å²) >= 11 is 0. The van der Waals surface area contributed by atoms with Gasteiger partial charge in [0.25, 0.3) is 0 Å². The van der Waals surface area contributed by atoms with E-state index in [1.54, 1.807) is 6.92 Å². The molecule has 9 heteroatoms. The summed E-state index contributed by atoms with van der Waals surface area (Å²) in [5, 5.41) is 12.6. The molecule has 0 saturated carbocycles. The highest BCUT2D eigenvalue weighted by molar-refractivity contribution is 7.89. The van der Waals surface area contributed by atoms with Gasteiger partial charge in [-0.2, -0.15) is 4.98 Å². The van der Waals surface area contributed by atoms with Crippen LogP contribution in [0.1, 0.15) is 17.3 Å². The molecule has 0 aliphatic heterocycles. The average molecular weight is 315 g/mol. The number of rotatable bonds is 6. The quantitative estimate of drug-likeness (QED) is 0.805. The highest BCUT2D eigenvalue weighted by atomic mass is 32.2. The molecule has 0 fully saturated rings. The van der Waals surface area contributed by atoms with Crippen LogP contribution in [0.15, 0.2) is 27.6 Å². The summed E-state index contributed by atoms with van der Waals surface area (Å²) in [4.78, 5) is 3.83. The van der Waals surface area contributed by atoms with Crippen LogP contribution in [0.25, 0.3) is 0 Å². The molecule has 0 radical (unpaired) electrons. The Bertz CT molecular complexity index is 730. The predicted octanol–water partition coefficient (Wildman–Crippen LogP) is 0.530. The summed E-state index contributed by atoms with van der Waals surface area (Å²) in [7, 11) is -3.79. The van der Waals surface area contributed by atoms with Gasteiger partial charge in [0.2, 0.25) is 15.9 Å². The number of aliphatic hydroxyl groups excluding tert-OH is 1. The molecule has 1 aromatic heterocycles. The lowest BCUT2D eigenvalue weighted by molar-refractivity contribution is 0.275. The van der Waals surface area contributed by atoms with Crippen molar-refractivity contribution in [2.24, 2.45) is 0 Å². The molecule has 7 nitrogen and oxygen atoms in total. The fourth-order valence-electron chi connectivity index (χ4n) is 1.66. The summed E-state index contributed by atoms with van der Waals surface area (Å²) in [6.45, 7) is 1.14. The summed E-state index contributed by atoms with van der Waals surface area (Å²) in [5.41, 5.74) is -0.0772.